The number of nitrogens with one attached hydrogen (secondary N) is 1. The van der Waals surface area contributed by atoms with Crippen LogP contribution in [0.1, 0.15) is 6.42 Å². The monoisotopic (exact) mass is 357 g/mol. The third kappa shape index (κ3) is 4.79. The van der Waals surface area contributed by atoms with Gasteiger partial charge in [0.2, 0.25) is 10.0 Å². The van der Waals surface area contributed by atoms with Gasteiger partial charge in [-0.3, -0.25) is 0 Å². The maximum atomic E-state index is 13.0. The Morgan fingerprint density at radius 3 is 2.58 bits per heavy atom. The lowest BCUT2D eigenvalue weighted by molar-refractivity contribution is 0.188. The number of rotatable bonds is 7. The first-order valence-corrected chi connectivity index (χ1v) is 8.03. The predicted octanol–water partition coefficient (Wildman–Crippen LogP) is 2.04. The molecule has 0 aromatic heterocycles. The highest BCUT2D eigenvalue weighted by Gasteiger charge is 2.20. The first kappa shape index (κ1) is 16.5. The molecule has 1 unspecified atom stereocenters. The van der Waals surface area contributed by atoms with Crippen LogP contribution < -0.4 is 4.72 Å². The molecule has 0 amide bonds. The van der Waals surface area contributed by atoms with E-state index in [0.29, 0.717) is 24.4 Å². The third-order valence-electron chi connectivity index (χ3n) is 2.38. The molecule has 0 saturated heterocycles. The molecule has 8 heteroatoms. The van der Waals surface area contributed by atoms with Gasteiger partial charge >= 0.3 is 0 Å². The van der Waals surface area contributed by atoms with E-state index in [9.17, 15) is 17.2 Å². The van der Waals surface area contributed by atoms with Crippen molar-refractivity contribution in [1.82, 2.24) is 4.72 Å². The summed E-state index contributed by atoms with van der Waals surface area (Å²) in [6.07, 6.45) is 0.463. The van der Waals surface area contributed by atoms with Crippen LogP contribution in [0, 0.1) is 11.6 Å². The van der Waals surface area contributed by atoms with Crippen LogP contribution in [0.4, 0.5) is 8.78 Å². The Morgan fingerprint density at radius 2 is 2.05 bits per heavy atom. The Labute approximate surface area is 119 Å². The fourth-order valence-corrected chi connectivity index (χ4v) is 3.34. The lowest BCUT2D eigenvalue weighted by Crippen LogP contribution is -2.36. The summed E-state index contributed by atoms with van der Waals surface area (Å²) in [6.45, 7) is 0.385. The summed E-state index contributed by atoms with van der Waals surface area (Å²) < 4.78 is 57.0. The molecular formula is C11H14BrF2NO3S. The SMILES string of the molecule is COCCC(CBr)NS(=O)(=O)c1ccc(F)c(F)c1. The standard InChI is InChI=1S/C11H14BrF2NO3S/c1-18-5-4-8(7-12)15-19(16,17)9-2-3-10(13)11(14)6-9/h2-3,6,8,15H,4-5,7H2,1H3. The van der Waals surface area contributed by atoms with Gasteiger partial charge in [-0.1, -0.05) is 15.9 Å². The van der Waals surface area contributed by atoms with Gasteiger partial charge in [-0.05, 0) is 24.6 Å². The molecule has 0 spiro atoms. The van der Waals surface area contributed by atoms with Gasteiger partial charge in [0.15, 0.2) is 11.6 Å². The Morgan fingerprint density at radius 1 is 1.37 bits per heavy atom. The zero-order chi connectivity index (χ0) is 14.5. The molecule has 1 aromatic rings. The van der Waals surface area contributed by atoms with Gasteiger partial charge < -0.3 is 4.74 Å². The second kappa shape index (κ2) is 7.28. The fraction of sp³-hybridized carbons (Fsp3) is 0.455. The average molecular weight is 358 g/mol. The van der Waals surface area contributed by atoms with Crippen LogP contribution in [0.15, 0.2) is 23.1 Å². The van der Waals surface area contributed by atoms with Gasteiger partial charge in [-0.25, -0.2) is 21.9 Å². The minimum Gasteiger partial charge on any atom is -0.385 e. The summed E-state index contributed by atoms with van der Waals surface area (Å²) in [5, 5.41) is 0.388. The lowest BCUT2D eigenvalue weighted by Gasteiger charge is -2.16. The third-order valence-corrected chi connectivity index (χ3v) is 4.68. The summed E-state index contributed by atoms with van der Waals surface area (Å²) in [7, 11) is -2.37. The number of benzene rings is 1. The molecule has 0 saturated carbocycles. The number of hydrogen-bond donors (Lipinski definition) is 1. The van der Waals surface area contributed by atoms with Crippen molar-refractivity contribution < 1.29 is 21.9 Å². The number of methoxy groups -OCH3 is 1. The van der Waals surface area contributed by atoms with Crippen LogP contribution in [-0.4, -0.2) is 33.5 Å². The lowest BCUT2D eigenvalue weighted by atomic mass is 10.3. The number of alkyl halides is 1. The number of sulfonamides is 1. The summed E-state index contributed by atoms with van der Waals surface area (Å²) in [5.74, 6) is -2.29. The summed E-state index contributed by atoms with van der Waals surface area (Å²) >= 11 is 3.18. The Kier molecular flexibility index (Phi) is 6.31. The number of hydrogen-bond acceptors (Lipinski definition) is 3. The van der Waals surface area contributed by atoms with Gasteiger partial charge in [0, 0.05) is 25.1 Å². The first-order chi connectivity index (χ1) is 8.90. The quantitative estimate of drug-likeness (QED) is 0.759. The van der Waals surface area contributed by atoms with E-state index >= 15 is 0 Å². The van der Waals surface area contributed by atoms with Crippen molar-refractivity contribution in [1.29, 1.82) is 0 Å². The highest BCUT2D eigenvalue weighted by atomic mass is 79.9. The average Bonchev–Trinajstić information content (AvgIpc) is 2.37. The van der Waals surface area contributed by atoms with Crippen LogP contribution in [-0.2, 0) is 14.8 Å². The van der Waals surface area contributed by atoms with Gasteiger partial charge in [0.05, 0.1) is 4.90 Å². The van der Waals surface area contributed by atoms with E-state index in [2.05, 4.69) is 20.7 Å². The molecule has 108 valence electrons. The van der Waals surface area contributed by atoms with Crippen LogP contribution in [0.25, 0.3) is 0 Å². The Balaban J connectivity index is 2.87. The molecule has 19 heavy (non-hydrogen) atoms. The molecule has 1 N–H and O–H groups in total. The first-order valence-electron chi connectivity index (χ1n) is 5.43. The van der Waals surface area contributed by atoms with E-state index in [4.69, 9.17) is 4.74 Å². The van der Waals surface area contributed by atoms with Crippen molar-refractivity contribution in [2.75, 3.05) is 19.0 Å². The molecule has 0 radical (unpaired) electrons. The maximum absolute atomic E-state index is 13.0. The molecular weight excluding hydrogens is 344 g/mol. The van der Waals surface area contributed by atoms with E-state index in [1.807, 2.05) is 0 Å². The van der Waals surface area contributed by atoms with E-state index in [1.165, 1.54) is 7.11 Å². The van der Waals surface area contributed by atoms with Gasteiger partial charge in [0.1, 0.15) is 0 Å². The van der Waals surface area contributed by atoms with Crippen molar-refractivity contribution in [2.24, 2.45) is 0 Å². The van der Waals surface area contributed by atoms with Crippen molar-refractivity contribution in [2.45, 2.75) is 17.4 Å². The van der Waals surface area contributed by atoms with E-state index < -0.39 is 27.7 Å². The minimum atomic E-state index is -3.88. The smallest absolute Gasteiger partial charge is 0.240 e. The van der Waals surface area contributed by atoms with Crippen LogP contribution in [0.2, 0.25) is 0 Å². The minimum absolute atomic E-state index is 0.310. The van der Waals surface area contributed by atoms with Crippen LogP contribution in [0.3, 0.4) is 0 Å². The highest BCUT2D eigenvalue weighted by Crippen LogP contribution is 2.14. The molecule has 1 aromatic carbocycles. The van der Waals surface area contributed by atoms with Crippen LogP contribution in [0.5, 0.6) is 0 Å². The topological polar surface area (TPSA) is 55.4 Å². The van der Waals surface area contributed by atoms with E-state index in [1.54, 1.807) is 0 Å². The Bertz CT molecular complexity index is 525. The van der Waals surface area contributed by atoms with Crippen molar-refractivity contribution >= 4 is 26.0 Å². The van der Waals surface area contributed by atoms with Crippen molar-refractivity contribution in [3.63, 3.8) is 0 Å². The van der Waals surface area contributed by atoms with E-state index in [-0.39, 0.29) is 4.90 Å². The highest BCUT2D eigenvalue weighted by molar-refractivity contribution is 9.09. The van der Waals surface area contributed by atoms with Gasteiger partial charge in [0.25, 0.3) is 0 Å². The van der Waals surface area contributed by atoms with Gasteiger partial charge in [-0.2, -0.15) is 0 Å². The normalized spacial score (nSPS) is 13.5. The fourth-order valence-electron chi connectivity index (χ4n) is 1.36. The molecule has 0 bridgehead atoms. The van der Waals surface area contributed by atoms with Crippen LogP contribution >= 0.6 is 15.9 Å². The molecule has 4 nitrogen and oxygen atoms in total. The summed E-state index contributed by atoms with van der Waals surface area (Å²) in [6, 6.07) is 2.06. The summed E-state index contributed by atoms with van der Waals surface area (Å²) in [5.41, 5.74) is 0. The molecule has 1 atom stereocenters. The summed E-state index contributed by atoms with van der Waals surface area (Å²) in [4.78, 5) is -0.310. The molecule has 0 aliphatic rings. The van der Waals surface area contributed by atoms with E-state index in [0.717, 1.165) is 12.1 Å². The number of halogens is 3. The number of ether oxygens (including phenoxy) is 1. The molecule has 0 aliphatic heterocycles. The Hall–Kier alpha value is -0.570. The van der Waals surface area contributed by atoms with Crippen molar-refractivity contribution in [3.05, 3.63) is 29.8 Å². The predicted molar refractivity (Wildman–Crippen MR) is 70.8 cm³/mol. The largest absolute Gasteiger partial charge is 0.385 e. The molecule has 0 fully saturated rings. The maximum Gasteiger partial charge on any atom is 0.240 e. The molecule has 1 rings (SSSR count). The molecule has 0 aliphatic carbocycles. The van der Waals surface area contributed by atoms with Crippen molar-refractivity contribution in [3.8, 4) is 0 Å². The second-order valence-electron chi connectivity index (χ2n) is 3.83. The van der Waals surface area contributed by atoms with Gasteiger partial charge in [-0.15, -0.1) is 0 Å². The molecule has 0 heterocycles. The zero-order valence-electron chi connectivity index (χ0n) is 10.2. The second-order valence-corrected chi connectivity index (χ2v) is 6.19. The zero-order valence-corrected chi connectivity index (χ0v) is 12.6.